The molecule has 0 atom stereocenters. The molecule has 2 nitrogen and oxygen atoms in total. The van der Waals surface area contributed by atoms with Crippen molar-refractivity contribution in [2.75, 3.05) is 26.2 Å². The molecule has 0 aliphatic heterocycles. The molecule has 0 saturated heterocycles. The third-order valence-corrected chi connectivity index (χ3v) is 4.14. The van der Waals surface area contributed by atoms with Gasteiger partial charge in [0.15, 0.2) is 0 Å². The van der Waals surface area contributed by atoms with E-state index in [4.69, 9.17) is 0 Å². The average Bonchev–Trinajstić information content (AvgIpc) is 2.29. The SMILES string of the molecule is CCN(CCCCCCNC(C)C)CC1CCC1. The molecule has 0 radical (unpaired) electrons. The summed E-state index contributed by atoms with van der Waals surface area (Å²) in [5.41, 5.74) is 0. The molecule has 1 aliphatic rings. The van der Waals surface area contributed by atoms with E-state index in [1.165, 1.54) is 71.1 Å². The largest absolute Gasteiger partial charge is 0.315 e. The normalized spacial score (nSPS) is 16.5. The summed E-state index contributed by atoms with van der Waals surface area (Å²) >= 11 is 0. The van der Waals surface area contributed by atoms with Crippen LogP contribution in [0.2, 0.25) is 0 Å². The molecule has 0 aromatic heterocycles. The molecule has 0 amide bonds. The highest BCUT2D eigenvalue weighted by molar-refractivity contribution is 4.73. The van der Waals surface area contributed by atoms with Crippen LogP contribution in [0.5, 0.6) is 0 Å². The van der Waals surface area contributed by atoms with Crippen LogP contribution in [0.1, 0.15) is 65.7 Å². The lowest BCUT2D eigenvalue weighted by Crippen LogP contribution is -2.33. The van der Waals surface area contributed by atoms with Crippen LogP contribution in [0.4, 0.5) is 0 Å². The molecule has 0 heterocycles. The summed E-state index contributed by atoms with van der Waals surface area (Å²) in [5.74, 6) is 1.03. The van der Waals surface area contributed by atoms with Gasteiger partial charge in [0.2, 0.25) is 0 Å². The Balaban J connectivity index is 1.88. The number of nitrogens with one attached hydrogen (secondary N) is 1. The molecule has 0 aromatic carbocycles. The topological polar surface area (TPSA) is 15.3 Å². The lowest BCUT2D eigenvalue weighted by atomic mass is 9.85. The van der Waals surface area contributed by atoms with Gasteiger partial charge >= 0.3 is 0 Å². The molecule has 108 valence electrons. The summed E-state index contributed by atoms with van der Waals surface area (Å²) < 4.78 is 0. The highest BCUT2D eigenvalue weighted by Crippen LogP contribution is 2.27. The average molecular weight is 254 g/mol. The van der Waals surface area contributed by atoms with Crippen molar-refractivity contribution >= 4 is 0 Å². The van der Waals surface area contributed by atoms with Gasteiger partial charge in [-0.3, -0.25) is 0 Å². The van der Waals surface area contributed by atoms with Crippen molar-refractivity contribution < 1.29 is 0 Å². The summed E-state index contributed by atoms with van der Waals surface area (Å²) in [4.78, 5) is 2.66. The second-order valence-electron chi connectivity index (χ2n) is 6.21. The summed E-state index contributed by atoms with van der Waals surface area (Å²) in [6, 6.07) is 0.642. The molecule has 1 saturated carbocycles. The van der Waals surface area contributed by atoms with Crippen molar-refractivity contribution in [1.29, 1.82) is 0 Å². The quantitative estimate of drug-likeness (QED) is 0.566. The molecule has 1 N–H and O–H groups in total. The van der Waals surface area contributed by atoms with E-state index in [1.807, 2.05) is 0 Å². The van der Waals surface area contributed by atoms with Crippen LogP contribution >= 0.6 is 0 Å². The summed E-state index contributed by atoms with van der Waals surface area (Å²) in [6.07, 6.45) is 9.97. The Hall–Kier alpha value is -0.0800. The third-order valence-electron chi connectivity index (χ3n) is 4.14. The van der Waals surface area contributed by atoms with E-state index in [9.17, 15) is 0 Å². The second-order valence-corrected chi connectivity index (χ2v) is 6.21. The van der Waals surface area contributed by atoms with Crippen LogP contribution in [0, 0.1) is 5.92 Å². The molecule has 0 unspecified atom stereocenters. The van der Waals surface area contributed by atoms with Gasteiger partial charge in [0.25, 0.3) is 0 Å². The predicted octanol–water partition coefficient (Wildman–Crippen LogP) is 3.67. The first-order chi connectivity index (χ1) is 8.72. The predicted molar refractivity (Wildman–Crippen MR) is 81.1 cm³/mol. The molecule has 0 spiro atoms. The second kappa shape index (κ2) is 9.80. The molecule has 2 heteroatoms. The van der Waals surface area contributed by atoms with Crippen molar-refractivity contribution in [2.24, 2.45) is 5.92 Å². The van der Waals surface area contributed by atoms with E-state index in [0.717, 1.165) is 5.92 Å². The number of nitrogens with zero attached hydrogens (tertiary/aromatic N) is 1. The van der Waals surface area contributed by atoms with Gasteiger partial charge in [-0.15, -0.1) is 0 Å². The summed E-state index contributed by atoms with van der Waals surface area (Å²) in [6.45, 7) is 11.9. The molecule has 0 bridgehead atoms. The molecule has 1 rings (SSSR count). The molecule has 1 fully saturated rings. The van der Waals surface area contributed by atoms with E-state index in [-0.39, 0.29) is 0 Å². The molecule has 0 aromatic rings. The highest BCUT2D eigenvalue weighted by Gasteiger charge is 2.19. The first-order valence-corrected chi connectivity index (χ1v) is 8.18. The van der Waals surface area contributed by atoms with Crippen molar-refractivity contribution in [3.63, 3.8) is 0 Å². The number of rotatable bonds is 11. The first kappa shape index (κ1) is 16.0. The summed E-state index contributed by atoms with van der Waals surface area (Å²) in [7, 11) is 0. The van der Waals surface area contributed by atoms with Gasteiger partial charge in [0.05, 0.1) is 0 Å². The maximum Gasteiger partial charge on any atom is 0.00103 e. The van der Waals surface area contributed by atoms with Gasteiger partial charge < -0.3 is 10.2 Å². The third kappa shape index (κ3) is 7.38. The Bertz CT molecular complexity index is 188. The molecular weight excluding hydrogens is 220 g/mol. The molecule has 18 heavy (non-hydrogen) atoms. The van der Waals surface area contributed by atoms with Gasteiger partial charge in [-0.25, -0.2) is 0 Å². The smallest absolute Gasteiger partial charge is 0.00103 e. The zero-order valence-electron chi connectivity index (χ0n) is 12.9. The molecular formula is C16H34N2. The fourth-order valence-corrected chi connectivity index (χ4v) is 2.62. The van der Waals surface area contributed by atoms with Gasteiger partial charge in [-0.05, 0) is 51.2 Å². The first-order valence-electron chi connectivity index (χ1n) is 8.18. The van der Waals surface area contributed by atoms with E-state index < -0.39 is 0 Å². The number of unbranched alkanes of at least 4 members (excludes halogenated alkanes) is 3. The monoisotopic (exact) mass is 254 g/mol. The van der Waals surface area contributed by atoms with Crippen LogP contribution in [0.3, 0.4) is 0 Å². The van der Waals surface area contributed by atoms with Crippen molar-refractivity contribution in [1.82, 2.24) is 10.2 Å². The Labute approximate surface area is 115 Å². The van der Waals surface area contributed by atoms with Crippen molar-refractivity contribution in [3.05, 3.63) is 0 Å². The van der Waals surface area contributed by atoms with Gasteiger partial charge in [0.1, 0.15) is 0 Å². The van der Waals surface area contributed by atoms with Crippen molar-refractivity contribution in [3.8, 4) is 0 Å². The zero-order valence-corrected chi connectivity index (χ0v) is 12.9. The fourth-order valence-electron chi connectivity index (χ4n) is 2.62. The van der Waals surface area contributed by atoms with E-state index in [1.54, 1.807) is 0 Å². The maximum atomic E-state index is 3.49. The van der Waals surface area contributed by atoms with Crippen LogP contribution < -0.4 is 5.32 Å². The van der Waals surface area contributed by atoms with Crippen LogP contribution in [0.25, 0.3) is 0 Å². The van der Waals surface area contributed by atoms with Gasteiger partial charge in [0, 0.05) is 12.6 Å². The lowest BCUT2D eigenvalue weighted by molar-refractivity contribution is 0.181. The van der Waals surface area contributed by atoms with E-state index in [2.05, 4.69) is 31.0 Å². The standard InChI is InChI=1S/C16H34N2/c1-4-18(14-16-10-9-11-16)13-8-6-5-7-12-17-15(2)3/h15-17H,4-14H2,1-3H3. The maximum absolute atomic E-state index is 3.49. The van der Waals surface area contributed by atoms with Crippen molar-refractivity contribution in [2.45, 2.75) is 71.8 Å². The number of hydrogen-bond donors (Lipinski definition) is 1. The minimum absolute atomic E-state index is 0.642. The van der Waals surface area contributed by atoms with Crippen LogP contribution in [-0.4, -0.2) is 37.1 Å². The Kier molecular flexibility index (Phi) is 8.70. The minimum atomic E-state index is 0.642. The van der Waals surface area contributed by atoms with Crippen LogP contribution in [0.15, 0.2) is 0 Å². The van der Waals surface area contributed by atoms with E-state index >= 15 is 0 Å². The fraction of sp³-hybridized carbons (Fsp3) is 1.00. The van der Waals surface area contributed by atoms with Gasteiger partial charge in [-0.2, -0.15) is 0 Å². The zero-order chi connectivity index (χ0) is 13.2. The summed E-state index contributed by atoms with van der Waals surface area (Å²) in [5, 5.41) is 3.49. The Morgan fingerprint density at radius 1 is 1.11 bits per heavy atom. The minimum Gasteiger partial charge on any atom is -0.315 e. The Morgan fingerprint density at radius 3 is 2.39 bits per heavy atom. The Morgan fingerprint density at radius 2 is 1.83 bits per heavy atom. The lowest BCUT2D eigenvalue weighted by Gasteiger charge is -2.31. The highest BCUT2D eigenvalue weighted by atomic mass is 15.1. The van der Waals surface area contributed by atoms with Crippen LogP contribution in [-0.2, 0) is 0 Å². The molecule has 1 aliphatic carbocycles. The van der Waals surface area contributed by atoms with Gasteiger partial charge in [-0.1, -0.05) is 40.0 Å². The number of hydrogen-bond acceptors (Lipinski definition) is 2. The van der Waals surface area contributed by atoms with E-state index in [0.29, 0.717) is 6.04 Å².